The summed E-state index contributed by atoms with van der Waals surface area (Å²) in [6, 6.07) is 37.9. The zero-order valence-electron chi connectivity index (χ0n) is 21.9. The van der Waals surface area contributed by atoms with Crippen molar-refractivity contribution in [2.24, 2.45) is 0 Å². The molecule has 0 saturated carbocycles. The summed E-state index contributed by atoms with van der Waals surface area (Å²) >= 11 is 1.55. The van der Waals surface area contributed by atoms with Crippen LogP contribution in [0.4, 0.5) is 14.1 Å². The fourth-order valence-corrected chi connectivity index (χ4v) is 3.19. The number of hydrogen-bond acceptors (Lipinski definition) is 0. The van der Waals surface area contributed by atoms with Crippen LogP contribution in [0.5, 0.6) is 0 Å². The normalized spacial score (nSPS) is 7.92. The van der Waals surface area contributed by atoms with Crippen LogP contribution in [0.2, 0.25) is 0 Å². The van der Waals surface area contributed by atoms with Gasteiger partial charge in [-0.1, -0.05) is 62.6 Å². The average molecular weight is 693 g/mol. The maximum atomic E-state index is 2.24. The summed E-state index contributed by atoms with van der Waals surface area (Å²) in [6.07, 6.45) is 3.87. The number of fused-ring (bicyclic) bond motifs is 3. The van der Waals surface area contributed by atoms with Crippen molar-refractivity contribution in [3.63, 3.8) is 0 Å². The van der Waals surface area contributed by atoms with E-state index in [9.17, 15) is 0 Å². The smallest absolute Gasteiger partial charge is 1.00 e. The van der Waals surface area contributed by atoms with Gasteiger partial charge in [0.2, 0.25) is 0 Å². The van der Waals surface area contributed by atoms with Crippen molar-refractivity contribution in [2.75, 3.05) is 0 Å². The quantitative estimate of drug-likeness (QED) is 0.186. The Labute approximate surface area is 256 Å². The average Bonchev–Trinajstić information content (AvgIpc) is 3.55. The first-order valence-corrected chi connectivity index (χ1v) is 12.3. The Balaban J connectivity index is -0.0000000920. The van der Waals surface area contributed by atoms with Crippen LogP contribution >= 0.6 is 0 Å². The molecule has 0 radical (unpaired) electrons. The van der Waals surface area contributed by atoms with Crippen LogP contribution in [0.1, 0.15) is 39.2 Å². The second-order valence-electron chi connectivity index (χ2n) is 7.68. The standard InChI is InChI=1S/C13H9.C9H13.C5H5.C3H6.6FH.2Zr/c1-3-7-12-10(5-1)9-11-6-2-4-8-13(11)12;1-2-3-6-9-7-4-5-8-9;1-2-4-5-3-1;1-3-2;;;;;;;;/h1-9H;4-5,7-8H,2-3,6H2,1H3;1-5H;1-2H3;6*1H;;/q3*-1;;;;;;;;+2;+4/p-3. The van der Waals surface area contributed by atoms with Gasteiger partial charge in [-0.2, -0.15) is 35.9 Å². The molecular formula is C30H36F6Zr2. The van der Waals surface area contributed by atoms with Crippen molar-refractivity contribution < 1.29 is 78.7 Å². The Morgan fingerprint density at radius 1 is 0.711 bits per heavy atom. The molecule has 0 amide bonds. The van der Waals surface area contributed by atoms with Gasteiger partial charge in [0, 0.05) is 0 Å². The van der Waals surface area contributed by atoms with Crippen molar-refractivity contribution in [2.45, 2.75) is 40.0 Å². The van der Waals surface area contributed by atoms with Crippen LogP contribution in [0.25, 0.3) is 21.5 Å². The van der Waals surface area contributed by atoms with Crippen LogP contribution in [0, 0.1) is 0 Å². The summed E-state index contributed by atoms with van der Waals surface area (Å²) in [5, 5.41) is 5.39. The minimum atomic E-state index is 0. The second kappa shape index (κ2) is 29.8. The van der Waals surface area contributed by atoms with Gasteiger partial charge in [0.05, 0.1) is 0 Å². The molecule has 0 nitrogen and oxygen atoms in total. The van der Waals surface area contributed by atoms with E-state index in [4.69, 9.17) is 0 Å². The van der Waals surface area contributed by atoms with Gasteiger partial charge in [-0.25, -0.2) is 24.3 Å². The zero-order valence-corrected chi connectivity index (χ0v) is 26.8. The molecule has 0 fully saturated rings. The zero-order chi connectivity index (χ0) is 22.3. The Kier molecular flexibility index (Phi) is 38.6. The van der Waals surface area contributed by atoms with E-state index in [0.717, 1.165) is 0 Å². The molecule has 5 aromatic rings. The van der Waals surface area contributed by atoms with E-state index in [1.54, 1.807) is 24.2 Å². The van der Waals surface area contributed by atoms with E-state index in [1.165, 1.54) is 49.6 Å². The van der Waals surface area contributed by atoms with Gasteiger partial charge in [-0.05, 0) is 0 Å². The monoisotopic (exact) mass is 690 g/mol. The maximum Gasteiger partial charge on any atom is 4.00 e. The number of halogens is 6. The van der Waals surface area contributed by atoms with Crippen LogP contribution in [0.15, 0.2) is 109 Å². The van der Waals surface area contributed by atoms with E-state index < -0.39 is 0 Å². The largest absolute Gasteiger partial charge is 4.00 e. The first-order chi connectivity index (χ1) is 15.1. The third kappa shape index (κ3) is 19.3. The van der Waals surface area contributed by atoms with Crippen LogP contribution < -0.4 is 14.1 Å². The Morgan fingerprint density at radius 2 is 1.11 bits per heavy atom. The van der Waals surface area contributed by atoms with Gasteiger partial charge in [0.1, 0.15) is 0 Å². The molecule has 0 N–H and O–H groups in total. The number of hydrogen-bond donors (Lipinski definition) is 0. The van der Waals surface area contributed by atoms with E-state index >= 15 is 0 Å². The summed E-state index contributed by atoms with van der Waals surface area (Å²) < 4.78 is 1.51. The van der Waals surface area contributed by atoms with Gasteiger partial charge >= 0.3 is 67.5 Å². The summed E-state index contributed by atoms with van der Waals surface area (Å²) in [5.74, 6) is 0. The molecule has 0 heterocycles. The summed E-state index contributed by atoms with van der Waals surface area (Å²) in [5.41, 5.74) is 1.48. The molecular weight excluding hydrogens is 657 g/mol. The molecule has 0 spiro atoms. The Morgan fingerprint density at radius 3 is 1.45 bits per heavy atom. The van der Waals surface area contributed by atoms with E-state index in [0.29, 0.717) is 0 Å². The van der Waals surface area contributed by atoms with Gasteiger partial charge in [0.25, 0.3) is 0 Å². The van der Waals surface area contributed by atoms with Crippen LogP contribution in [0.3, 0.4) is 0 Å². The first-order valence-electron chi connectivity index (χ1n) is 11.0. The molecule has 0 atom stereocenters. The van der Waals surface area contributed by atoms with Crippen molar-refractivity contribution in [1.82, 2.24) is 0 Å². The topological polar surface area (TPSA) is 0 Å². The van der Waals surface area contributed by atoms with Gasteiger partial charge in [-0.3, -0.25) is 14.1 Å². The van der Waals surface area contributed by atoms with Gasteiger partial charge in [-0.15, -0.1) is 39.7 Å². The number of aryl methyl sites for hydroxylation is 1. The number of benzene rings is 2. The third-order valence-corrected chi connectivity index (χ3v) is 4.63. The number of unbranched alkanes of at least 4 members (excludes halogenated alkanes) is 1. The van der Waals surface area contributed by atoms with Crippen LogP contribution in [-0.2, 0) is 56.9 Å². The molecule has 5 aromatic carbocycles. The summed E-state index contributed by atoms with van der Waals surface area (Å²) in [4.78, 5) is 0. The van der Waals surface area contributed by atoms with Crippen molar-refractivity contribution in [3.8, 4) is 0 Å². The molecule has 5 rings (SSSR count). The molecule has 8 heteroatoms. The predicted octanol–water partition coefficient (Wildman–Crippen LogP) is 0.0779. The minimum Gasteiger partial charge on any atom is -1.00 e. The molecule has 0 unspecified atom stereocenters. The van der Waals surface area contributed by atoms with Gasteiger partial charge in [0.15, 0.2) is 0 Å². The second-order valence-corrected chi connectivity index (χ2v) is 10.1. The molecule has 0 aliphatic carbocycles. The number of rotatable bonds is 3. The summed E-state index contributed by atoms with van der Waals surface area (Å²) in [6.45, 7) is 6.47. The Hall–Kier alpha value is -1.77. The van der Waals surface area contributed by atoms with E-state index in [2.05, 4.69) is 99.6 Å². The van der Waals surface area contributed by atoms with Crippen molar-refractivity contribution >= 4 is 24.8 Å². The van der Waals surface area contributed by atoms with Gasteiger partial charge < -0.3 is 14.1 Å². The van der Waals surface area contributed by atoms with E-state index in [1.807, 2.05) is 30.3 Å². The Bertz CT molecular complexity index is 1050. The predicted molar refractivity (Wildman–Crippen MR) is 144 cm³/mol. The summed E-state index contributed by atoms with van der Waals surface area (Å²) in [7, 11) is 0. The third-order valence-electron chi connectivity index (χ3n) is 4.63. The fourth-order valence-electron chi connectivity index (χ4n) is 3.19. The molecule has 38 heavy (non-hydrogen) atoms. The minimum absolute atomic E-state index is 0. The fraction of sp³-hybridized carbons (Fsp3) is 0.200. The SMILES string of the molecule is CCCC[c-]1cccc1.C[C](C)=[Zr+2].F.F.F.[F-].[F-].[F-].[Zr+4].c1cc[cH-]c1.c1ccc2c(c1)[cH-]c1ccccc12. The molecule has 0 saturated heterocycles. The maximum absolute atomic E-state index is 2.24. The van der Waals surface area contributed by atoms with E-state index in [-0.39, 0.29) is 54.4 Å². The molecule has 0 aliphatic rings. The molecule has 206 valence electrons. The van der Waals surface area contributed by atoms with Crippen molar-refractivity contribution in [1.29, 1.82) is 0 Å². The first kappa shape index (κ1) is 49.2. The molecule has 0 bridgehead atoms. The molecule has 0 aliphatic heterocycles. The van der Waals surface area contributed by atoms with Crippen molar-refractivity contribution in [3.05, 3.63) is 115 Å². The van der Waals surface area contributed by atoms with Crippen LogP contribution in [-0.4, -0.2) is 3.21 Å². The molecule has 0 aromatic heterocycles.